The van der Waals surface area contributed by atoms with Gasteiger partial charge in [-0.1, -0.05) is 24.3 Å². The number of allylic oxidation sites excluding steroid dienone is 2. The number of carbonyl (C=O) groups is 1. The number of aromatic nitrogens is 1. The third-order valence-electron chi connectivity index (χ3n) is 4.51. The van der Waals surface area contributed by atoms with Gasteiger partial charge in [-0.3, -0.25) is 9.78 Å². The molecule has 2 aromatic carbocycles. The summed E-state index contributed by atoms with van der Waals surface area (Å²) >= 11 is 0. The van der Waals surface area contributed by atoms with Crippen molar-refractivity contribution in [2.24, 2.45) is 0 Å². The summed E-state index contributed by atoms with van der Waals surface area (Å²) in [7, 11) is 3.29. The molecule has 0 saturated carbocycles. The number of aliphatic hydroxyl groups is 1. The van der Waals surface area contributed by atoms with Gasteiger partial charge in [0.05, 0.1) is 25.7 Å². The molecule has 6 nitrogen and oxygen atoms in total. The Bertz CT molecular complexity index is 1240. The number of methoxy groups -OCH3 is 2. The van der Waals surface area contributed by atoms with Gasteiger partial charge in [-0.25, -0.2) is 0 Å². The molecule has 2 heterocycles. The summed E-state index contributed by atoms with van der Waals surface area (Å²) in [5, 5.41) is 10.2. The zero-order valence-corrected chi connectivity index (χ0v) is 20.9. The van der Waals surface area contributed by atoms with Crippen molar-refractivity contribution < 1.29 is 43.9 Å². The predicted octanol–water partition coefficient (Wildman–Crippen LogP) is 5.81. The van der Waals surface area contributed by atoms with Crippen molar-refractivity contribution in [1.29, 1.82) is 0 Å². The van der Waals surface area contributed by atoms with E-state index >= 15 is 0 Å². The topological polar surface area (TPSA) is 81.8 Å². The number of fused-ring (bicyclic) bond motifs is 2. The molecular weight excluding hydrogens is 586 g/mol. The van der Waals surface area contributed by atoms with Gasteiger partial charge in [-0.2, -0.15) is 0 Å². The first-order chi connectivity index (χ1) is 14.8. The predicted molar refractivity (Wildman–Crippen MR) is 121 cm³/mol. The standard InChI is InChI=1S/C20H16NO3.C5H8O2.Ir/c1-12-10-14(18-11-13-6-4-5-7-15(13)24-18)21-20-17(23-3)9-8-16(22-2)19(12)20;1-4(6)3-5(2)7;/h4-10H,1-3H3;3,6H,1-2H3;/q-1;;/b;4-3-;. The number of rotatable bonds is 4. The van der Waals surface area contributed by atoms with E-state index in [0.717, 1.165) is 38.9 Å². The maximum absolute atomic E-state index is 10.0. The van der Waals surface area contributed by atoms with Crippen LogP contribution in [0.25, 0.3) is 33.3 Å². The number of ether oxygens (including phenoxy) is 2. The number of furan rings is 1. The van der Waals surface area contributed by atoms with Gasteiger partial charge in [0, 0.05) is 42.8 Å². The smallest absolute Gasteiger partial charge is 0.155 e. The molecule has 4 aromatic rings. The van der Waals surface area contributed by atoms with Crippen LogP contribution in [0.4, 0.5) is 0 Å². The molecule has 0 aliphatic heterocycles. The molecule has 2 aromatic heterocycles. The number of hydrogen-bond acceptors (Lipinski definition) is 6. The number of ketones is 1. The van der Waals surface area contributed by atoms with E-state index in [2.05, 4.69) is 6.07 Å². The molecule has 0 saturated heterocycles. The Morgan fingerprint density at radius 1 is 1.09 bits per heavy atom. The molecule has 0 bridgehead atoms. The van der Waals surface area contributed by atoms with Crippen molar-refractivity contribution in [2.45, 2.75) is 20.8 Å². The minimum atomic E-state index is -0.125. The third-order valence-corrected chi connectivity index (χ3v) is 4.51. The van der Waals surface area contributed by atoms with Gasteiger partial charge in [0.2, 0.25) is 0 Å². The number of para-hydroxylation sites is 1. The van der Waals surface area contributed by atoms with E-state index < -0.39 is 0 Å². The van der Waals surface area contributed by atoms with Crippen LogP contribution in [-0.4, -0.2) is 30.1 Å². The van der Waals surface area contributed by atoms with Gasteiger partial charge >= 0.3 is 0 Å². The zero-order valence-electron chi connectivity index (χ0n) is 18.5. The van der Waals surface area contributed by atoms with E-state index in [1.54, 1.807) is 14.2 Å². The van der Waals surface area contributed by atoms with Gasteiger partial charge in [-0.05, 0) is 38.5 Å². The Balaban J connectivity index is 0.000000398. The molecule has 0 aliphatic carbocycles. The fourth-order valence-corrected chi connectivity index (χ4v) is 3.25. The second kappa shape index (κ2) is 10.9. The second-order valence-electron chi connectivity index (χ2n) is 6.97. The van der Waals surface area contributed by atoms with Crippen LogP contribution in [-0.2, 0) is 24.9 Å². The van der Waals surface area contributed by atoms with Gasteiger partial charge in [0.25, 0.3) is 0 Å². The molecule has 0 unspecified atom stereocenters. The Morgan fingerprint density at radius 3 is 2.31 bits per heavy atom. The van der Waals surface area contributed by atoms with E-state index in [9.17, 15) is 4.79 Å². The van der Waals surface area contributed by atoms with E-state index in [4.69, 9.17) is 24.0 Å². The van der Waals surface area contributed by atoms with Crippen LogP contribution in [0, 0.1) is 13.0 Å². The molecule has 1 N–H and O–H groups in total. The van der Waals surface area contributed by atoms with Crippen molar-refractivity contribution in [3.63, 3.8) is 0 Å². The zero-order chi connectivity index (χ0) is 22.5. The second-order valence-corrected chi connectivity index (χ2v) is 6.97. The van der Waals surface area contributed by atoms with Crippen LogP contribution in [0.1, 0.15) is 19.4 Å². The molecule has 169 valence electrons. The van der Waals surface area contributed by atoms with Crippen molar-refractivity contribution in [1.82, 2.24) is 4.98 Å². The maximum Gasteiger partial charge on any atom is 0.155 e. The molecule has 0 aliphatic rings. The van der Waals surface area contributed by atoms with Crippen molar-refractivity contribution in [3.8, 4) is 23.0 Å². The van der Waals surface area contributed by atoms with Crippen LogP contribution in [0.5, 0.6) is 11.5 Å². The average Bonchev–Trinajstić information content (AvgIpc) is 3.16. The number of hydrogen-bond donors (Lipinski definition) is 1. The number of pyridine rings is 1. The number of aryl methyl sites for hydroxylation is 1. The summed E-state index contributed by atoms with van der Waals surface area (Å²) < 4.78 is 16.8. The molecule has 0 amide bonds. The normalized spacial score (nSPS) is 10.8. The van der Waals surface area contributed by atoms with Gasteiger partial charge in [-0.15, -0.1) is 17.5 Å². The first-order valence-corrected chi connectivity index (χ1v) is 9.65. The minimum absolute atomic E-state index is 0. The van der Waals surface area contributed by atoms with Gasteiger partial charge < -0.3 is 19.0 Å². The van der Waals surface area contributed by atoms with Crippen LogP contribution >= 0.6 is 0 Å². The fourth-order valence-electron chi connectivity index (χ4n) is 3.25. The van der Waals surface area contributed by atoms with Crippen LogP contribution < -0.4 is 9.47 Å². The Hall–Kier alpha value is -3.15. The number of benzene rings is 2. The molecule has 7 heteroatoms. The van der Waals surface area contributed by atoms with Crippen molar-refractivity contribution in [2.75, 3.05) is 14.2 Å². The maximum atomic E-state index is 10.0. The minimum Gasteiger partial charge on any atom is -0.518 e. The first-order valence-electron chi connectivity index (χ1n) is 9.65. The molecule has 0 fully saturated rings. The van der Waals surface area contributed by atoms with Gasteiger partial charge in [0.1, 0.15) is 17.0 Å². The van der Waals surface area contributed by atoms with Crippen LogP contribution in [0.2, 0.25) is 0 Å². The molecule has 4 rings (SSSR count). The largest absolute Gasteiger partial charge is 0.518 e. The van der Waals surface area contributed by atoms with E-state index in [0.29, 0.717) is 11.5 Å². The Kier molecular flexibility index (Phi) is 8.58. The number of aliphatic hydroxyl groups excluding tert-OH is 1. The number of carbonyl (C=O) groups excluding carboxylic acids is 1. The summed E-state index contributed by atoms with van der Waals surface area (Å²) in [4.78, 5) is 14.8. The first kappa shape index (κ1) is 25.1. The summed E-state index contributed by atoms with van der Waals surface area (Å²) in [6.07, 6.45) is 1.17. The van der Waals surface area contributed by atoms with E-state index in [-0.39, 0.29) is 31.6 Å². The number of nitrogens with zero attached hydrogens (tertiary/aromatic N) is 1. The monoisotopic (exact) mass is 611 g/mol. The quantitative estimate of drug-likeness (QED) is 0.179. The van der Waals surface area contributed by atoms with Crippen molar-refractivity contribution >= 4 is 27.7 Å². The van der Waals surface area contributed by atoms with Crippen LogP contribution in [0.15, 0.2) is 58.7 Å². The van der Waals surface area contributed by atoms with Gasteiger partial charge in [0.15, 0.2) is 5.78 Å². The fraction of sp³-hybridized carbons (Fsp3) is 0.200. The Morgan fingerprint density at radius 2 is 1.75 bits per heavy atom. The molecule has 0 spiro atoms. The molecule has 0 atom stereocenters. The third kappa shape index (κ3) is 5.55. The molecule has 1 radical (unpaired) electrons. The summed E-state index contributed by atoms with van der Waals surface area (Å²) in [6.45, 7) is 4.87. The summed E-state index contributed by atoms with van der Waals surface area (Å²) in [5.74, 6) is 2.03. The van der Waals surface area contributed by atoms with Crippen LogP contribution in [0.3, 0.4) is 0 Å². The average molecular weight is 611 g/mol. The van der Waals surface area contributed by atoms with E-state index in [1.807, 2.05) is 49.4 Å². The molecule has 32 heavy (non-hydrogen) atoms. The molecular formula is C25H24IrNO5-. The Labute approximate surface area is 200 Å². The van der Waals surface area contributed by atoms with E-state index in [1.165, 1.54) is 19.9 Å². The SMILES string of the molecule is CC(=O)/C=C(/C)O.COc1ccc(OC)c2c(C)cc(-c3[c-]c4ccccc4o3)nc12.[Ir]. The summed E-state index contributed by atoms with van der Waals surface area (Å²) in [6, 6.07) is 16.8. The van der Waals surface area contributed by atoms with Crippen molar-refractivity contribution in [3.05, 3.63) is 65.9 Å². The summed E-state index contributed by atoms with van der Waals surface area (Å²) in [5.41, 5.74) is 3.31.